The number of ether oxygens (including phenoxy) is 1. The van der Waals surface area contributed by atoms with Gasteiger partial charge in [0.15, 0.2) is 5.78 Å². The van der Waals surface area contributed by atoms with E-state index < -0.39 is 5.82 Å². The highest BCUT2D eigenvalue weighted by Crippen LogP contribution is 2.56. The third kappa shape index (κ3) is 3.48. The van der Waals surface area contributed by atoms with Gasteiger partial charge in [-0.1, -0.05) is 0 Å². The Bertz CT molecular complexity index is 1430. The smallest absolute Gasteiger partial charge is 0.349 e. The number of hydrogen-bond acceptors (Lipinski definition) is 8. The average Bonchev–Trinajstić information content (AvgIpc) is 3.46. The zero-order valence-corrected chi connectivity index (χ0v) is 19.1. The fourth-order valence-corrected chi connectivity index (χ4v) is 5.50. The number of ketones is 1. The molecule has 35 heavy (non-hydrogen) atoms. The average molecular weight is 474 g/mol. The van der Waals surface area contributed by atoms with Gasteiger partial charge in [0.25, 0.3) is 0 Å². The lowest BCUT2D eigenvalue weighted by Crippen LogP contribution is -2.44. The standard InChI is InChI=1S/C25H23FN6O3/c1-14(33)18(23(27)16-2-4-17(26)5-3-16)12-35-21-10-28-20(9-29-21)19-6-22-31(24(34)30-19)13-25-7-15(8-25)11-32(22)25/h2-6,9-10,15H,7-8,11-13,27H2,1H3/b23-18-. The Kier molecular flexibility index (Phi) is 4.73. The van der Waals surface area contributed by atoms with Crippen LogP contribution in [0.4, 0.5) is 10.2 Å². The Labute approximate surface area is 200 Å². The molecule has 10 heteroatoms. The van der Waals surface area contributed by atoms with Crippen LogP contribution in [0.2, 0.25) is 0 Å². The number of Topliss-reactive ketones (excluding diaryl/α,β-unsaturated/α-hetero) is 1. The van der Waals surface area contributed by atoms with Gasteiger partial charge in [0, 0.05) is 18.3 Å². The number of anilines is 1. The maximum Gasteiger partial charge on any atom is 0.349 e. The van der Waals surface area contributed by atoms with E-state index in [0.717, 1.165) is 31.1 Å². The molecule has 1 spiro atoms. The van der Waals surface area contributed by atoms with E-state index in [2.05, 4.69) is 19.9 Å². The topological polar surface area (TPSA) is 116 Å². The Balaban J connectivity index is 1.21. The molecule has 178 valence electrons. The molecule has 1 aliphatic carbocycles. The quantitative estimate of drug-likeness (QED) is 0.541. The van der Waals surface area contributed by atoms with Crippen LogP contribution in [-0.4, -0.2) is 44.0 Å². The first-order valence-corrected chi connectivity index (χ1v) is 11.4. The molecule has 2 bridgehead atoms. The van der Waals surface area contributed by atoms with Crippen LogP contribution >= 0.6 is 0 Å². The van der Waals surface area contributed by atoms with Gasteiger partial charge >= 0.3 is 5.69 Å². The third-order valence-corrected chi connectivity index (χ3v) is 7.23. The number of hydrogen-bond donors (Lipinski definition) is 1. The number of rotatable bonds is 6. The summed E-state index contributed by atoms with van der Waals surface area (Å²) >= 11 is 0. The predicted molar refractivity (Wildman–Crippen MR) is 126 cm³/mol. The summed E-state index contributed by atoms with van der Waals surface area (Å²) in [6.45, 7) is 2.95. The molecule has 2 aromatic heterocycles. The van der Waals surface area contributed by atoms with Gasteiger partial charge < -0.3 is 15.4 Å². The summed E-state index contributed by atoms with van der Waals surface area (Å²) in [5.41, 5.74) is 7.85. The zero-order valence-electron chi connectivity index (χ0n) is 19.1. The van der Waals surface area contributed by atoms with Crippen molar-refractivity contribution < 1.29 is 13.9 Å². The number of nitrogens with zero attached hydrogens (tertiary/aromatic N) is 5. The minimum Gasteiger partial charge on any atom is -0.471 e. The summed E-state index contributed by atoms with van der Waals surface area (Å²) in [6, 6.07) is 7.46. The summed E-state index contributed by atoms with van der Waals surface area (Å²) in [7, 11) is 0. The molecule has 3 fully saturated rings. The first-order valence-electron chi connectivity index (χ1n) is 11.4. The van der Waals surface area contributed by atoms with Crippen LogP contribution in [0, 0.1) is 11.7 Å². The van der Waals surface area contributed by atoms with E-state index in [4.69, 9.17) is 10.5 Å². The maximum atomic E-state index is 13.2. The maximum absolute atomic E-state index is 13.2. The SMILES string of the molecule is CC(=O)/C(COc1cnc(-c2cc3n(c(=O)n2)CC24CC(CN32)C4)cn1)=C(\N)c1ccc(F)cc1. The van der Waals surface area contributed by atoms with Crippen molar-refractivity contribution in [3.63, 3.8) is 0 Å². The van der Waals surface area contributed by atoms with Crippen molar-refractivity contribution >= 4 is 17.3 Å². The number of fused-ring (bicyclic) bond motifs is 1. The first-order chi connectivity index (χ1) is 16.8. The highest BCUT2D eigenvalue weighted by Gasteiger charge is 2.60. The zero-order chi connectivity index (χ0) is 24.3. The second-order valence-corrected chi connectivity index (χ2v) is 9.46. The summed E-state index contributed by atoms with van der Waals surface area (Å²) in [4.78, 5) is 40.0. The van der Waals surface area contributed by atoms with Crippen molar-refractivity contribution in [2.75, 3.05) is 18.1 Å². The van der Waals surface area contributed by atoms with Crippen molar-refractivity contribution in [1.29, 1.82) is 0 Å². The molecule has 3 aliphatic heterocycles. The minimum atomic E-state index is -0.394. The molecule has 4 aliphatic rings. The Morgan fingerprint density at radius 1 is 1.20 bits per heavy atom. The molecule has 0 amide bonds. The van der Waals surface area contributed by atoms with E-state index in [1.807, 2.05) is 6.07 Å². The molecule has 2 N–H and O–H groups in total. The lowest BCUT2D eigenvalue weighted by atomic mass is 9.74. The number of halogens is 1. The van der Waals surface area contributed by atoms with Crippen LogP contribution in [0.5, 0.6) is 5.88 Å². The van der Waals surface area contributed by atoms with E-state index in [9.17, 15) is 14.0 Å². The number of aromatic nitrogens is 4. The first kappa shape index (κ1) is 21.5. The van der Waals surface area contributed by atoms with Crippen LogP contribution in [0.25, 0.3) is 17.1 Å². The van der Waals surface area contributed by atoms with E-state index >= 15 is 0 Å². The summed E-state index contributed by atoms with van der Waals surface area (Å²) in [6.07, 6.45) is 5.18. The molecule has 7 rings (SSSR count). The van der Waals surface area contributed by atoms with Gasteiger partial charge in [-0.05, 0) is 55.5 Å². The fourth-order valence-electron chi connectivity index (χ4n) is 5.50. The molecular weight excluding hydrogens is 451 g/mol. The lowest BCUT2D eigenvalue weighted by molar-refractivity contribution is -0.113. The number of carbonyl (C=O) groups excluding carboxylic acids is 1. The van der Waals surface area contributed by atoms with Gasteiger partial charge in [0.05, 0.1) is 35.7 Å². The summed E-state index contributed by atoms with van der Waals surface area (Å²) < 4.78 is 20.6. The molecule has 1 aromatic carbocycles. The van der Waals surface area contributed by atoms with E-state index in [0.29, 0.717) is 23.5 Å². The van der Waals surface area contributed by atoms with E-state index in [1.165, 1.54) is 43.6 Å². The van der Waals surface area contributed by atoms with Crippen molar-refractivity contribution in [1.82, 2.24) is 19.5 Å². The molecule has 0 unspecified atom stereocenters. The van der Waals surface area contributed by atoms with Crippen LogP contribution in [0.15, 0.2) is 53.1 Å². The van der Waals surface area contributed by atoms with Gasteiger partial charge in [-0.2, -0.15) is 4.98 Å². The number of benzene rings is 1. The Hall–Kier alpha value is -4.08. The minimum absolute atomic E-state index is 0.0954. The fraction of sp³-hybridized carbons (Fsp3) is 0.320. The van der Waals surface area contributed by atoms with E-state index in [-0.39, 0.29) is 40.8 Å². The van der Waals surface area contributed by atoms with Crippen molar-refractivity contribution in [3.8, 4) is 17.3 Å². The van der Waals surface area contributed by atoms with E-state index in [1.54, 1.807) is 4.57 Å². The van der Waals surface area contributed by atoms with Gasteiger partial charge in [0.1, 0.15) is 23.9 Å². The Morgan fingerprint density at radius 2 is 1.97 bits per heavy atom. The molecule has 9 nitrogen and oxygen atoms in total. The highest BCUT2D eigenvalue weighted by atomic mass is 19.1. The monoisotopic (exact) mass is 474 g/mol. The van der Waals surface area contributed by atoms with Crippen LogP contribution in [-0.2, 0) is 11.3 Å². The van der Waals surface area contributed by atoms with Crippen LogP contribution < -0.4 is 21.1 Å². The molecule has 0 atom stereocenters. The van der Waals surface area contributed by atoms with Crippen LogP contribution in [0.1, 0.15) is 25.3 Å². The van der Waals surface area contributed by atoms with Gasteiger partial charge in [-0.25, -0.2) is 19.2 Å². The summed E-state index contributed by atoms with van der Waals surface area (Å²) in [5, 5.41) is 0. The largest absolute Gasteiger partial charge is 0.471 e. The lowest BCUT2D eigenvalue weighted by Gasteiger charge is -2.37. The van der Waals surface area contributed by atoms with Crippen molar-refractivity contribution in [2.45, 2.75) is 31.8 Å². The molecule has 3 aromatic rings. The van der Waals surface area contributed by atoms with Gasteiger partial charge in [-0.15, -0.1) is 0 Å². The Morgan fingerprint density at radius 3 is 2.66 bits per heavy atom. The van der Waals surface area contributed by atoms with Crippen molar-refractivity contribution in [2.24, 2.45) is 11.7 Å². The third-order valence-electron chi connectivity index (χ3n) is 7.23. The normalized spacial score (nSPS) is 22.2. The molecule has 0 radical (unpaired) electrons. The van der Waals surface area contributed by atoms with Gasteiger partial charge in [-0.3, -0.25) is 9.36 Å². The second-order valence-electron chi connectivity index (χ2n) is 9.46. The van der Waals surface area contributed by atoms with Crippen LogP contribution in [0.3, 0.4) is 0 Å². The highest BCUT2D eigenvalue weighted by molar-refractivity contribution is 6.00. The molecule has 2 saturated heterocycles. The molecule has 5 heterocycles. The van der Waals surface area contributed by atoms with Crippen molar-refractivity contribution in [3.05, 3.63) is 70.2 Å². The van der Waals surface area contributed by atoms with Gasteiger partial charge in [0.2, 0.25) is 5.88 Å². The number of carbonyl (C=O) groups is 1. The predicted octanol–water partition coefficient (Wildman–Crippen LogP) is 2.16. The summed E-state index contributed by atoms with van der Waals surface area (Å²) in [5.74, 6) is 1.15. The molecule has 1 saturated carbocycles. The number of nitrogens with two attached hydrogens (primary N) is 1. The molecular formula is C25H23FN6O3. The second kappa shape index (κ2) is 7.72.